The van der Waals surface area contributed by atoms with Gasteiger partial charge in [-0.3, -0.25) is 0 Å². The minimum absolute atomic E-state index is 0.308. The Bertz CT molecular complexity index is 1580. The van der Waals surface area contributed by atoms with Crippen molar-refractivity contribution in [2.45, 2.75) is 13.8 Å². The molecular weight excluding hydrogens is 392 g/mol. The lowest BCUT2D eigenvalue weighted by Crippen LogP contribution is -1.92. The third-order valence-corrected chi connectivity index (χ3v) is 6.55. The molecule has 32 heavy (non-hydrogen) atoms. The van der Waals surface area contributed by atoms with E-state index in [0.29, 0.717) is 11.5 Å². The van der Waals surface area contributed by atoms with Crippen LogP contribution in [-0.4, -0.2) is 10.2 Å². The molecule has 0 bridgehead atoms. The molecule has 6 rings (SSSR count). The highest BCUT2D eigenvalue weighted by Crippen LogP contribution is 2.49. The number of rotatable bonds is 1. The summed E-state index contributed by atoms with van der Waals surface area (Å²) in [7, 11) is 0. The zero-order valence-electron chi connectivity index (χ0n) is 18.0. The van der Waals surface area contributed by atoms with Crippen molar-refractivity contribution in [1.29, 1.82) is 0 Å². The Hall–Kier alpha value is -4.04. The maximum absolute atomic E-state index is 11.1. The van der Waals surface area contributed by atoms with E-state index in [1.807, 2.05) is 60.7 Å². The molecule has 154 valence electrons. The van der Waals surface area contributed by atoms with Crippen LogP contribution in [0.1, 0.15) is 11.1 Å². The van der Waals surface area contributed by atoms with E-state index in [-0.39, 0.29) is 0 Å². The van der Waals surface area contributed by atoms with Crippen molar-refractivity contribution in [3.63, 3.8) is 0 Å². The monoisotopic (exact) mass is 414 g/mol. The number of phenols is 2. The molecule has 0 spiro atoms. The normalized spacial score (nSPS) is 11.7. The number of hydrogen-bond acceptors (Lipinski definition) is 2. The van der Waals surface area contributed by atoms with E-state index in [1.54, 1.807) is 0 Å². The van der Waals surface area contributed by atoms with Crippen LogP contribution in [0, 0.1) is 13.8 Å². The minimum Gasteiger partial charge on any atom is -0.507 e. The molecular formula is C30H22O2. The number of benzene rings is 6. The van der Waals surface area contributed by atoms with Crippen molar-refractivity contribution in [2.24, 2.45) is 0 Å². The van der Waals surface area contributed by atoms with Gasteiger partial charge >= 0.3 is 0 Å². The molecule has 0 aromatic heterocycles. The van der Waals surface area contributed by atoms with E-state index in [2.05, 4.69) is 38.1 Å². The standard InChI is InChI=1S/C30H22O2/c1-17-11-13-23-25(15-17)27(19-7-3-5-9-21(19)29(23)31)28-20-8-4-6-10-22(20)30(32)24-14-12-18(2)16-26(24)28/h3-16,31-32H,1-2H3. The Morgan fingerprint density at radius 2 is 0.750 bits per heavy atom. The molecule has 0 heterocycles. The van der Waals surface area contributed by atoms with Crippen LogP contribution < -0.4 is 0 Å². The molecule has 2 heteroatoms. The predicted molar refractivity (Wildman–Crippen MR) is 135 cm³/mol. The molecule has 6 aromatic carbocycles. The second kappa shape index (κ2) is 6.73. The Morgan fingerprint density at radius 3 is 1.16 bits per heavy atom. The van der Waals surface area contributed by atoms with Crippen LogP contribution in [0.25, 0.3) is 54.2 Å². The SMILES string of the molecule is Cc1ccc2c(O)c3ccccc3c(-c3c4ccccc4c(O)c4ccc(C)cc34)c2c1. The van der Waals surface area contributed by atoms with Crippen molar-refractivity contribution in [1.82, 2.24) is 0 Å². The van der Waals surface area contributed by atoms with E-state index in [4.69, 9.17) is 0 Å². The summed E-state index contributed by atoms with van der Waals surface area (Å²) in [5.74, 6) is 0.617. The number of fused-ring (bicyclic) bond motifs is 4. The van der Waals surface area contributed by atoms with Gasteiger partial charge in [-0.1, -0.05) is 96.1 Å². The summed E-state index contributed by atoms with van der Waals surface area (Å²) in [6, 6.07) is 28.5. The van der Waals surface area contributed by atoms with E-state index in [0.717, 1.165) is 65.3 Å². The Kier molecular flexibility index (Phi) is 3.93. The molecule has 0 aliphatic heterocycles. The maximum atomic E-state index is 11.1. The lowest BCUT2D eigenvalue weighted by atomic mass is 9.85. The van der Waals surface area contributed by atoms with E-state index < -0.39 is 0 Å². The smallest absolute Gasteiger partial charge is 0.131 e. The second-order valence-corrected chi connectivity index (χ2v) is 8.64. The first-order valence-electron chi connectivity index (χ1n) is 10.8. The molecule has 0 fully saturated rings. The fraction of sp³-hybridized carbons (Fsp3) is 0.0667. The lowest BCUT2D eigenvalue weighted by molar-refractivity contribution is 0.487. The summed E-state index contributed by atoms with van der Waals surface area (Å²) in [6.07, 6.45) is 0. The molecule has 0 aliphatic carbocycles. The Labute approximate surface area is 186 Å². The predicted octanol–water partition coefficient (Wildman–Crippen LogP) is 7.99. The van der Waals surface area contributed by atoms with Crippen molar-refractivity contribution in [3.05, 3.63) is 96.1 Å². The number of hydrogen-bond donors (Lipinski definition) is 2. The minimum atomic E-state index is 0.308. The zero-order chi connectivity index (χ0) is 22.0. The van der Waals surface area contributed by atoms with Crippen molar-refractivity contribution < 1.29 is 10.2 Å². The summed E-state index contributed by atoms with van der Waals surface area (Å²) in [6.45, 7) is 4.15. The fourth-order valence-corrected chi connectivity index (χ4v) is 5.08. The highest BCUT2D eigenvalue weighted by atomic mass is 16.3. The first-order valence-corrected chi connectivity index (χ1v) is 10.8. The average Bonchev–Trinajstić information content (AvgIpc) is 2.81. The van der Waals surface area contributed by atoms with Gasteiger partial charge in [-0.05, 0) is 46.5 Å². The van der Waals surface area contributed by atoms with Gasteiger partial charge in [-0.25, -0.2) is 0 Å². The van der Waals surface area contributed by atoms with Gasteiger partial charge in [-0.15, -0.1) is 0 Å². The second-order valence-electron chi connectivity index (χ2n) is 8.64. The topological polar surface area (TPSA) is 40.5 Å². The zero-order valence-corrected chi connectivity index (χ0v) is 18.0. The molecule has 0 amide bonds. The van der Waals surface area contributed by atoms with Crippen LogP contribution in [0.4, 0.5) is 0 Å². The third-order valence-electron chi connectivity index (χ3n) is 6.55. The Balaban J connectivity index is 1.98. The molecule has 0 radical (unpaired) electrons. The van der Waals surface area contributed by atoms with Crippen molar-refractivity contribution in [2.75, 3.05) is 0 Å². The molecule has 0 atom stereocenters. The Morgan fingerprint density at radius 1 is 0.406 bits per heavy atom. The quantitative estimate of drug-likeness (QED) is 0.268. The van der Waals surface area contributed by atoms with Crippen LogP contribution >= 0.6 is 0 Å². The third kappa shape index (κ3) is 2.53. The molecule has 0 saturated carbocycles. The van der Waals surface area contributed by atoms with E-state index in [9.17, 15) is 10.2 Å². The molecule has 2 N–H and O–H groups in total. The van der Waals surface area contributed by atoms with Crippen LogP contribution in [0.15, 0.2) is 84.9 Å². The van der Waals surface area contributed by atoms with Crippen LogP contribution in [0.2, 0.25) is 0 Å². The van der Waals surface area contributed by atoms with Gasteiger partial charge in [-0.2, -0.15) is 0 Å². The highest BCUT2D eigenvalue weighted by molar-refractivity contribution is 6.26. The van der Waals surface area contributed by atoms with Gasteiger partial charge < -0.3 is 10.2 Å². The maximum Gasteiger partial charge on any atom is 0.131 e. The first kappa shape index (κ1) is 18.7. The summed E-state index contributed by atoms with van der Waals surface area (Å²) >= 11 is 0. The largest absolute Gasteiger partial charge is 0.507 e. The van der Waals surface area contributed by atoms with Gasteiger partial charge in [0.15, 0.2) is 0 Å². The lowest BCUT2D eigenvalue weighted by Gasteiger charge is -2.19. The average molecular weight is 415 g/mol. The van der Waals surface area contributed by atoms with Crippen molar-refractivity contribution in [3.8, 4) is 22.6 Å². The number of aromatic hydroxyl groups is 2. The molecule has 0 unspecified atom stereocenters. The molecule has 6 aromatic rings. The van der Waals surface area contributed by atoms with E-state index >= 15 is 0 Å². The summed E-state index contributed by atoms with van der Waals surface area (Å²) in [4.78, 5) is 0. The summed E-state index contributed by atoms with van der Waals surface area (Å²) in [5, 5.41) is 29.7. The number of phenolic OH excluding ortho intramolecular Hbond substituents is 2. The van der Waals surface area contributed by atoms with Gasteiger partial charge in [0, 0.05) is 21.5 Å². The first-order chi connectivity index (χ1) is 15.5. The van der Waals surface area contributed by atoms with Gasteiger partial charge in [0.1, 0.15) is 11.5 Å². The van der Waals surface area contributed by atoms with Crippen LogP contribution in [0.5, 0.6) is 11.5 Å². The van der Waals surface area contributed by atoms with Gasteiger partial charge in [0.05, 0.1) is 0 Å². The molecule has 0 aliphatic rings. The van der Waals surface area contributed by atoms with Crippen molar-refractivity contribution >= 4 is 43.1 Å². The van der Waals surface area contributed by atoms with E-state index in [1.165, 1.54) is 0 Å². The molecule has 0 saturated heterocycles. The highest BCUT2D eigenvalue weighted by Gasteiger charge is 2.21. The van der Waals surface area contributed by atoms with Crippen LogP contribution in [-0.2, 0) is 0 Å². The van der Waals surface area contributed by atoms with Gasteiger partial charge in [0.25, 0.3) is 0 Å². The summed E-state index contributed by atoms with van der Waals surface area (Å²) < 4.78 is 0. The number of aryl methyl sites for hydroxylation is 2. The fourth-order valence-electron chi connectivity index (χ4n) is 5.08. The molecule has 2 nitrogen and oxygen atoms in total. The summed E-state index contributed by atoms with van der Waals surface area (Å²) in [5.41, 5.74) is 4.45. The van der Waals surface area contributed by atoms with Crippen LogP contribution in [0.3, 0.4) is 0 Å². The van der Waals surface area contributed by atoms with Gasteiger partial charge in [0.2, 0.25) is 0 Å².